The van der Waals surface area contributed by atoms with E-state index in [2.05, 4.69) is 38.2 Å². The highest BCUT2D eigenvalue weighted by atomic mass is 35.5. The molecule has 1 aliphatic carbocycles. The highest BCUT2D eigenvalue weighted by molar-refractivity contribution is 6.31. The van der Waals surface area contributed by atoms with Crippen LogP contribution in [0, 0.1) is 24.2 Å². The second kappa shape index (κ2) is 6.29. The van der Waals surface area contributed by atoms with E-state index in [9.17, 15) is 0 Å². The summed E-state index contributed by atoms with van der Waals surface area (Å²) in [6.07, 6.45) is 4.88. The number of aromatic nitrogens is 2. The number of hydrogen-bond acceptors (Lipinski definition) is 2. The fourth-order valence-corrected chi connectivity index (χ4v) is 4.04. The molecule has 1 aliphatic rings. The van der Waals surface area contributed by atoms with Gasteiger partial charge in [-0.1, -0.05) is 32.4 Å². The first-order valence-electron chi connectivity index (χ1n) is 8.09. The maximum atomic E-state index is 6.45. The average Bonchev–Trinajstić information content (AvgIpc) is 2.64. The molecule has 0 amide bonds. The fraction of sp³-hybridized carbons (Fsp3) is 0.824. The molecule has 3 nitrogen and oxygen atoms in total. The molecule has 1 aromatic heterocycles. The Morgan fingerprint density at radius 2 is 2.00 bits per heavy atom. The summed E-state index contributed by atoms with van der Waals surface area (Å²) in [6, 6.07) is 0.592. The van der Waals surface area contributed by atoms with Crippen molar-refractivity contribution in [3.8, 4) is 0 Å². The van der Waals surface area contributed by atoms with Crippen LogP contribution < -0.4 is 5.32 Å². The Balaban J connectivity index is 2.18. The molecular weight excluding hydrogens is 282 g/mol. The number of hydrogen-bond donors (Lipinski definition) is 1. The monoisotopic (exact) mass is 311 g/mol. The SMILES string of the molecule is CNC1CCC(C(C)(C)C)CC1Cc1c(Cl)c(C)nn1C. The molecule has 4 heteroatoms. The Hall–Kier alpha value is -0.540. The first-order valence-corrected chi connectivity index (χ1v) is 8.47. The van der Waals surface area contributed by atoms with Crippen molar-refractivity contribution in [1.82, 2.24) is 15.1 Å². The highest BCUT2D eigenvalue weighted by Crippen LogP contribution is 2.41. The Morgan fingerprint density at radius 3 is 2.48 bits per heavy atom. The van der Waals surface area contributed by atoms with E-state index in [1.54, 1.807) is 0 Å². The number of nitrogens with zero attached hydrogens (tertiary/aromatic N) is 2. The van der Waals surface area contributed by atoms with E-state index in [4.69, 9.17) is 11.6 Å². The van der Waals surface area contributed by atoms with Crippen LogP contribution in [0.5, 0.6) is 0 Å². The van der Waals surface area contributed by atoms with Crippen LogP contribution in [0.15, 0.2) is 0 Å². The summed E-state index contributed by atoms with van der Waals surface area (Å²) < 4.78 is 1.96. The molecule has 0 aromatic carbocycles. The number of nitrogens with one attached hydrogen (secondary N) is 1. The van der Waals surface area contributed by atoms with Crippen LogP contribution in [-0.4, -0.2) is 22.9 Å². The zero-order valence-corrected chi connectivity index (χ0v) is 15.1. The van der Waals surface area contributed by atoms with Crippen molar-refractivity contribution >= 4 is 11.6 Å². The van der Waals surface area contributed by atoms with E-state index < -0.39 is 0 Å². The molecule has 0 saturated heterocycles. The van der Waals surface area contributed by atoms with Crippen molar-refractivity contribution in [2.75, 3.05) is 7.05 Å². The quantitative estimate of drug-likeness (QED) is 0.915. The smallest absolute Gasteiger partial charge is 0.0847 e. The molecule has 0 radical (unpaired) electrons. The van der Waals surface area contributed by atoms with Gasteiger partial charge in [0.2, 0.25) is 0 Å². The van der Waals surface area contributed by atoms with Gasteiger partial charge in [0, 0.05) is 13.1 Å². The molecule has 0 bridgehead atoms. The second-order valence-electron chi connectivity index (χ2n) is 7.71. The number of aryl methyl sites for hydroxylation is 2. The Morgan fingerprint density at radius 1 is 1.33 bits per heavy atom. The van der Waals surface area contributed by atoms with Gasteiger partial charge < -0.3 is 5.32 Å². The third kappa shape index (κ3) is 3.62. The number of rotatable bonds is 3. The van der Waals surface area contributed by atoms with Crippen LogP contribution >= 0.6 is 11.6 Å². The first kappa shape index (κ1) is 16.8. The predicted molar refractivity (Wildman–Crippen MR) is 89.8 cm³/mol. The summed E-state index contributed by atoms with van der Waals surface area (Å²) in [6.45, 7) is 9.10. The summed E-state index contributed by atoms with van der Waals surface area (Å²) >= 11 is 6.45. The van der Waals surface area contributed by atoms with Crippen LogP contribution in [-0.2, 0) is 13.5 Å². The molecule has 1 saturated carbocycles. The molecule has 3 unspecified atom stereocenters. The molecule has 1 aromatic rings. The van der Waals surface area contributed by atoms with Gasteiger partial charge in [0.15, 0.2) is 0 Å². The Bertz CT molecular complexity index is 487. The lowest BCUT2D eigenvalue weighted by Crippen LogP contribution is -2.42. The topological polar surface area (TPSA) is 29.9 Å². The van der Waals surface area contributed by atoms with Gasteiger partial charge >= 0.3 is 0 Å². The molecule has 3 atom stereocenters. The molecule has 1 heterocycles. The van der Waals surface area contributed by atoms with E-state index in [1.807, 2.05) is 18.7 Å². The van der Waals surface area contributed by atoms with Gasteiger partial charge in [-0.05, 0) is 56.9 Å². The van der Waals surface area contributed by atoms with E-state index in [0.717, 1.165) is 23.1 Å². The molecule has 2 rings (SSSR count). The first-order chi connectivity index (χ1) is 9.74. The molecule has 120 valence electrons. The van der Waals surface area contributed by atoms with Crippen molar-refractivity contribution in [3.63, 3.8) is 0 Å². The zero-order valence-electron chi connectivity index (χ0n) is 14.3. The minimum atomic E-state index is 0.392. The van der Waals surface area contributed by atoms with Crippen molar-refractivity contribution in [2.45, 2.75) is 59.4 Å². The van der Waals surface area contributed by atoms with Gasteiger partial charge in [-0.15, -0.1) is 0 Å². The highest BCUT2D eigenvalue weighted by Gasteiger charge is 2.36. The van der Waals surface area contributed by atoms with Crippen molar-refractivity contribution < 1.29 is 0 Å². The van der Waals surface area contributed by atoms with E-state index in [0.29, 0.717) is 17.4 Å². The molecule has 1 fully saturated rings. The normalized spacial score (nSPS) is 27.1. The maximum Gasteiger partial charge on any atom is 0.0847 e. The van der Waals surface area contributed by atoms with Gasteiger partial charge in [0.1, 0.15) is 0 Å². The van der Waals surface area contributed by atoms with Crippen LogP contribution in [0.2, 0.25) is 5.02 Å². The number of halogens is 1. The Labute approximate surface area is 134 Å². The lowest BCUT2D eigenvalue weighted by molar-refractivity contribution is 0.116. The maximum absolute atomic E-state index is 6.45. The Kier molecular flexibility index (Phi) is 5.04. The summed E-state index contributed by atoms with van der Waals surface area (Å²) in [5.41, 5.74) is 2.52. The van der Waals surface area contributed by atoms with Gasteiger partial charge in [0.05, 0.1) is 16.4 Å². The predicted octanol–water partition coefficient (Wildman–Crippen LogP) is 3.97. The summed E-state index contributed by atoms with van der Waals surface area (Å²) in [7, 11) is 4.10. The zero-order chi connectivity index (χ0) is 15.8. The fourth-order valence-electron chi connectivity index (χ4n) is 3.81. The average molecular weight is 312 g/mol. The lowest BCUT2D eigenvalue weighted by Gasteiger charge is -2.42. The van der Waals surface area contributed by atoms with Crippen molar-refractivity contribution in [2.24, 2.45) is 24.3 Å². The van der Waals surface area contributed by atoms with Gasteiger partial charge in [0.25, 0.3) is 0 Å². The largest absolute Gasteiger partial charge is 0.317 e. The summed E-state index contributed by atoms with van der Waals surface area (Å²) in [5.74, 6) is 1.43. The van der Waals surface area contributed by atoms with Crippen LogP contribution in [0.1, 0.15) is 51.4 Å². The lowest BCUT2D eigenvalue weighted by atomic mass is 9.66. The molecule has 0 aliphatic heterocycles. The summed E-state index contributed by atoms with van der Waals surface area (Å²) in [5, 5.41) is 8.83. The van der Waals surface area contributed by atoms with Gasteiger partial charge in [-0.2, -0.15) is 5.10 Å². The minimum absolute atomic E-state index is 0.392. The van der Waals surface area contributed by atoms with Crippen LogP contribution in [0.3, 0.4) is 0 Å². The van der Waals surface area contributed by atoms with Crippen molar-refractivity contribution in [1.29, 1.82) is 0 Å². The van der Waals surface area contributed by atoms with Crippen LogP contribution in [0.25, 0.3) is 0 Å². The van der Waals surface area contributed by atoms with Crippen molar-refractivity contribution in [3.05, 3.63) is 16.4 Å². The minimum Gasteiger partial charge on any atom is -0.317 e. The molecule has 21 heavy (non-hydrogen) atoms. The van der Waals surface area contributed by atoms with Gasteiger partial charge in [-0.3, -0.25) is 4.68 Å². The van der Waals surface area contributed by atoms with E-state index >= 15 is 0 Å². The molecule has 1 N–H and O–H groups in total. The molecule has 0 spiro atoms. The van der Waals surface area contributed by atoms with E-state index in [1.165, 1.54) is 25.0 Å². The van der Waals surface area contributed by atoms with Crippen LogP contribution in [0.4, 0.5) is 0 Å². The van der Waals surface area contributed by atoms with Gasteiger partial charge in [-0.25, -0.2) is 0 Å². The standard InChI is InChI=1S/C17H30ClN3/c1-11-16(18)15(21(6)20-11)10-12-9-13(17(2,3)4)7-8-14(12)19-5/h12-14,19H,7-10H2,1-6H3. The second-order valence-corrected chi connectivity index (χ2v) is 8.08. The summed E-state index contributed by atoms with van der Waals surface area (Å²) in [4.78, 5) is 0. The van der Waals surface area contributed by atoms with E-state index in [-0.39, 0.29) is 0 Å². The third-order valence-corrected chi connectivity index (χ3v) is 5.79. The third-order valence-electron chi connectivity index (χ3n) is 5.30. The molecular formula is C17H30ClN3.